The SMILES string of the molecule is Cc1ccc2c(oc3ccccc32)c1-c1n(-c2ccc3c(c2)oc2ccccc23)c2ccccc2[n+]1C. The normalized spacial score (nSPS) is 12.1. The van der Waals surface area contributed by atoms with Crippen molar-refractivity contribution >= 4 is 54.9 Å². The van der Waals surface area contributed by atoms with E-state index < -0.39 is 0 Å². The van der Waals surface area contributed by atoms with Crippen molar-refractivity contribution in [1.29, 1.82) is 0 Å². The van der Waals surface area contributed by atoms with Gasteiger partial charge in [-0.15, -0.1) is 0 Å². The summed E-state index contributed by atoms with van der Waals surface area (Å²) in [4.78, 5) is 0. The molecule has 0 saturated carbocycles. The molecule has 8 aromatic rings. The van der Waals surface area contributed by atoms with Crippen LogP contribution in [0.15, 0.2) is 112 Å². The van der Waals surface area contributed by atoms with Crippen molar-refractivity contribution in [3.8, 4) is 17.1 Å². The van der Waals surface area contributed by atoms with Crippen LogP contribution in [0.5, 0.6) is 0 Å². The molecule has 0 unspecified atom stereocenters. The maximum Gasteiger partial charge on any atom is 0.298 e. The molecule has 4 heteroatoms. The first-order valence-corrected chi connectivity index (χ1v) is 12.5. The molecule has 0 N–H and O–H groups in total. The molecule has 0 amide bonds. The monoisotopic (exact) mass is 479 g/mol. The van der Waals surface area contributed by atoms with Crippen molar-refractivity contribution in [2.45, 2.75) is 6.92 Å². The predicted octanol–water partition coefficient (Wildman–Crippen LogP) is 8.23. The number of hydrogen-bond acceptors (Lipinski definition) is 2. The Morgan fingerprint density at radius 3 is 2.11 bits per heavy atom. The van der Waals surface area contributed by atoms with Crippen LogP contribution in [0.1, 0.15) is 5.56 Å². The molecular formula is C33H23N2O2+. The van der Waals surface area contributed by atoms with Crippen LogP contribution in [-0.4, -0.2) is 4.57 Å². The Hall–Kier alpha value is -4.83. The first-order chi connectivity index (χ1) is 18.2. The Kier molecular flexibility index (Phi) is 4.04. The summed E-state index contributed by atoms with van der Waals surface area (Å²) in [6.45, 7) is 2.16. The summed E-state index contributed by atoms with van der Waals surface area (Å²) in [5.41, 5.74) is 9.17. The molecule has 0 aliphatic heterocycles. The number of aromatic nitrogens is 2. The zero-order valence-corrected chi connectivity index (χ0v) is 20.5. The number of nitrogens with zero attached hydrogens (tertiary/aromatic N) is 2. The smallest absolute Gasteiger partial charge is 0.298 e. The first-order valence-electron chi connectivity index (χ1n) is 12.5. The van der Waals surface area contributed by atoms with Gasteiger partial charge >= 0.3 is 0 Å². The molecule has 37 heavy (non-hydrogen) atoms. The van der Waals surface area contributed by atoms with Gasteiger partial charge in [-0.05, 0) is 48.9 Å². The molecule has 0 aliphatic carbocycles. The third-order valence-corrected chi connectivity index (χ3v) is 7.61. The highest BCUT2D eigenvalue weighted by Crippen LogP contribution is 2.39. The molecule has 3 heterocycles. The lowest BCUT2D eigenvalue weighted by Gasteiger charge is -2.07. The van der Waals surface area contributed by atoms with Crippen LogP contribution < -0.4 is 4.57 Å². The van der Waals surface area contributed by atoms with E-state index in [2.05, 4.69) is 102 Å². The molecule has 176 valence electrons. The van der Waals surface area contributed by atoms with E-state index in [-0.39, 0.29) is 0 Å². The summed E-state index contributed by atoms with van der Waals surface area (Å²) in [5.74, 6) is 1.07. The molecule has 0 spiro atoms. The van der Waals surface area contributed by atoms with E-state index in [1.54, 1.807) is 0 Å². The van der Waals surface area contributed by atoms with Crippen molar-refractivity contribution < 1.29 is 13.4 Å². The van der Waals surface area contributed by atoms with Gasteiger partial charge in [-0.1, -0.05) is 60.7 Å². The quantitative estimate of drug-likeness (QED) is 0.234. The van der Waals surface area contributed by atoms with E-state index in [9.17, 15) is 0 Å². The molecule has 0 atom stereocenters. The highest BCUT2D eigenvalue weighted by molar-refractivity contribution is 6.10. The third-order valence-electron chi connectivity index (χ3n) is 7.61. The van der Waals surface area contributed by atoms with E-state index >= 15 is 0 Å². The van der Waals surface area contributed by atoms with Crippen LogP contribution in [-0.2, 0) is 7.05 Å². The number of furan rings is 2. The second-order valence-electron chi connectivity index (χ2n) is 9.72. The summed E-state index contributed by atoms with van der Waals surface area (Å²) in [7, 11) is 2.13. The summed E-state index contributed by atoms with van der Waals surface area (Å²) >= 11 is 0. The Morgan fingerprint density at radius 2 is 1.27 bits per heavy atom. The fraction of sp³-hybridized carbons (Fsp3) is 0.0606. The molecule has 4 nitrogen and oxygen atoms in total. The van der Waals surface area contributed by atoms with Gasteiger partial charge in [-0.3, -0.25) is 0 Å². The standard InChI is InChI=1S/C33H23N2O2/c1-20-15-17-25-23-10-4-8-14-29(23)37-32(25)31(20)33-34(2)26-11-5-6-12-27(26)35(33)21-16-18-24-22-9-3-7-13-28(22)36-30(24)19-21/h3-19H,1-2H3/q+1. The number of aryl methyl sites for hydroxylation is 2. The lowest BCUT2D eigenvalue weighted by molar-refractivity contribution is -0.633. The molecule has 0 fully saturated rings. The maximum absolute atomic E-state index is 6.53. The number of imidazole rings is 1. The molecule has 5 aromatic carbocycles. The molecule has 0 bridgehead atoms. The first kappa shape index (κ1) is 20.4. The van der Waals surface area contributed by atoms with Gasteiger partial charge in [0.25, 0.3) is 5.82 Å². The number of rotatable bonds is 2. The minimum atomic E-state index is 0.878. The lowest BCUT2D eigenvalue weighted by atomic mass is 10.0. The van der Waals surface area contributed by atoms with E-state index in [0.29, 0.717) is 0 Å². The van der Waals surface area contributed by atoms with Crippen LogP contribution in [0.4, 0.5) is 0 Å². The van der Waals surface area contributed by atoms with Gasteiger partial charge in [0.2, 0.25) is 0 Å². The van der Waals surface area contributed by atoms with E-state index in [1.807, 2.05) is 24.3 Å². The number of hydrogen-bond donors (Lipinski definition) is 0. The fourth-order valence-electron chi connectivity index (χ4n) is 5.87. The highest BCUT2D eigenvalue weighted by atomic mass is 16.3. The van der Waals surface area contributed by atoms with Crippen LogP contribution in [0.25, 0.3) is 72.0 Å². The topological polar surface area (TPSA) is 35.1 Å². The minimum absolute atomic E-state index is 0.878. The van der Waals surface area contributed by atoms with Crippen molar-refractivity contribution in [3.63, 3.8) is 0 Å². The summed E-state index contributed by atoms with van der Waals surface area (Å²) in [6.07, 6.45) is 0. The average Bonchev–Trinajstić information content (AvgIpc) is 3.58. The van der Waals surface area contributed by atoms with Gasteiger partial charge in [0.05, 0.1) is 7.05 Å². The Balaban J connectivity index is 1.50. The van der Waals surface area contributed by atoms with Crippen LogP contribution >= 0.6 is 0 Å². The van der Waals surface area contributed by atoms with E-state index in [1.165, 1.54) is 0 Å². The van der Waals surface area contributed by atoms with Gasteiger partial charge in [0.1, 0.15) is 28.0 Å². The van der Waals surface area contributed by atoms with E-state index in [0.717, 1.165) is 77.5 Å². The summed E-state index contributed by atoms with van der Waals surface area (Å²) in [6, 6.07) is 35.9. The van der Waals surface area contributed by atoms with Crippen molar-refractivity contribution in [2.24, 2.45) is 7.05 Å². The second-order valence-corrected chi connectivity index (χ2v) is 9.72. The second kappa shape index (κ2) is 7.34. The number of fused-ring (bicyclic) bond motifs is 7. The van der Waals surface area contributed by atoms with Crippen molar-refractivity contribution in [2.75, 3.05) is 0 Å². The number of benzene rings is 5. The molecule has 0 saturated heterocycles. The van der Waals surface area contributed by atoms with Crippen LogP contribution in [0.2, 0.25) is 0 Å². The van der Waals surface area contributed by atoms with Gasteiger partial charge in [0.15, 0.2) is 16.6 Å². The molecular weight excluding hydrogens is 456 g/mol. The molecule has 0 aliphatic rings. The maximum atomic E-state index is 6.53. The Bertz CT molecular complexity index is 2170. The minimum Gasteiger partial charge on any atom is -0.456 e. The lowest BCUT2D eigenvalue weighted by Crippen LogP contribution is -2.30. The van der Waals surface area contributed by atoms with Gasteiger partial charge in [0, 0.05) is 27.6 Å². The third kappa shape index (κ3) is 2.75. The molecule has 3 aromatic heterocycles. The van der Waals surface area contributed by atoms with Gasteiger partial charge < -0.3 is 8.83 Å². The Morgan fingerprint density at radius 1 is 0.622 bits per heavy atom. The van der Waals surface area contributed by atoms with Crippen molar-refractivity contribution in [3.05, 3.63) is 109 Å². The molecule has 0 radical (unpaired) electrons. The van der Waals surface area contributed by atoms with Crippen molar-refractivity contribution in [1.82, 2.24) is 4.57 Å². The van der Waals surface area contributed by atoms with E-state index in [4.69, 9.17) is 8.83 Å². The largest absolute Gasteiger partial charge is 0.456 e. The highest BCUT2D eigenvalue weighted by Gasteiger charge is 2.30. The zero-order valence-electron chi connectivity index (χ0n) is 20.5. The predicted molar refractivity (Wildman–Crippen MR) is 149 cm³/mol. The van der Waals surface area contributed by atoms with Gasteiger partial charge in [-0.2, -0.15) is 4.57 Å². The average molecular weight is 480 g/mol. The number of para-hydroxylation sites is 4. The zero-order chi connectivity index (χ0) is 24.7. The summed E-state index contributed by atoms with van der Waals surface area (Å²) < 4.78 is 17.4. The fourth-order valence-corrected chi connectivity index (χ4v) is 5.87. The summed E-state index contributed by atoms with van der Waals surface area (Å²) in [5, 5.41) is 4.51. The van der Waals surface area contributed by atoms with Crippen LogP contribution in [0.3, 0.4) is 0 Å². The molecule has 8 rings (SSSR count). The van der Waals surface area contributed by atoms with Crippen LogP contribution in [0, 0.1) is 6.92 Å². The Labute approximate surface area is 212 Å². The van der Waals surface area contributed by atoms with Gasteiger partial charge in [-0.25, -0.2) is 4.57 Å².